The lowest BCUT2D eigenvalue weighted by Gasteiger charge is -2.16. The summed E-state index contributed by atoms with van der Waals surface area (Å²) in [5.74, 6) is -1.10. The average molecular weight is 341 g/mol. The second kappa shape index (κ2) is 7.17. The molecule has 126 valence electrons. The molecule has 1 aromatic rings. The maximum atomic E-state index is 12.5. The van der Waals surface area contributed by atoms with Crippen molar-refractivity contribution in [1.82, 2.24) is 9.88 Å². The molecule has 1 aliphatic rings. The van der Waals surface area contributed by atoms with E-state index in [9.17, 15) is 9.59 Å². The Morgan fingerprint density at radius 1 is 1.48 bits per heavy atom. The minimum absolute atomic E-state index is 0.0754. The molecule has 2 heterocycles. The predicted molar refractivity (Wildman–Crippen MR) is 85.8 cm³/mol. The van der Waals surface area contributed by atoms with Crippen LogP contribution in [-0.2, 0) is 4.79 Å². The number of hydrogen-bond acceptors (Lipinski definition) is 4. The molecule has 0 aromatic carbocycles. The van der Waals surface area contributed by atoms with Crippen molar-refractivity contribution in [3.05, 3.63) is 22.8 Å². The minimum atomic E-state index is -0.874. The number of hydrogen-bond donors (Lipinski definition) is 1. The Kier molecular flexibility index (Phi) is 5.46. The van der Waals surface area contributed by atoms with Crippen LogP contribution in [-0.4, -0.2) is 46.6 Å². The zero-order valence-corrected chi connectivity index (χ0v) is 14.2. The first-order valence-electron chi connectivity index (χ1n) is 7.60. The third kappa shape index (κ3) is 4.13. The van der Waals surface area contributed by atoms with Crippen LogP contribution in [0.15, 0.2) is 12.3 Å². The largest absolute Gasteiger partial charge is 0.481 e. The Hall–Kier alpha value is -1.82. The van der Waals surface area contributed by atoms with E-state index >= 15 is 0 Å². The maximum absolute atomic E-state index is 12.5. The van der Waals surface area contributed by atoms with Gasteiger partial charge in [-0.15, -0.1) is 0 Å². The van der Waals surface area contributed by atoms with Gasteiger partial charge in [0.2, 0.25) is 5.88 Å². The average Bonchev–Trinajstić information content (AvgIpc) is 2.87. The lowest BCUT2D eigenvalue weighted by atomic mass is 9.99. The van der Waals surface area contributed by atoms with Crippen LogP contribution in [0.25, 0.3) is 0 Å². The third-order valence-electron chi connectivity index (χ3n) is 3.82. The molecule has 1 aromatic heterocycles. The number of carboxylic acids is 1. The van der Waals surface area contributed by atoms with E-state index in [4.69, 9.17) is 21.4 Å². The van der Waals surface area contributed by atoms with Crippen LogP contribution in [0.5, 0.6) is 5.88 Å². The van der Waals surface area contributed by atoms with Crippen molar-refractivity contribution in [3.8, 4) is 5.88 Å². The Balaban J connectivity index is 2.09. The van der Waals surface area contributed by atoms with Crippen LogP contribution in [0.1, 0.15) is 31.1 Å². The number of carbonyl (C=O) groups excluding carboxylic acids is 1. The SMILES string of the molecule is CC(C)COc1ncc(C(=O)N2C[C@@H](C)[C@H](C(=O)O)C2)cc1Cl. The first-order chi connectivity index (χ1) is 10.8. The zero-order valence-electron chi connectivity index (χ0n) is 13.5. The maximum Gasteiger partial charge on any atom is 0.308 e. The summed E-state index contributed by atoms with van der Waals surface area (Å²) in [6.45, 7) is 6.97. The van der Waals surface area contributed by atoms with E-state index in [-0.39, 0.29) is 23.4 Å². The molecule has 1 amide bonds. The Morgan fingerprint density at radius 2 is 2.17 bits per heavy atom. The molecule has 1 N–H and O–H groups in total. The normalized spacial score (nSPS) is 20.8. The Bertz CT molecular complexity index is 606. The van der Waals surface area contributed by atoms with Crippen LogP contribution in [0.2, 0.25) is 5.02 Å². The summed E-state index contributed by atoms with van der Waals surface area (Å²) in [6.07, 6.45) is 1.42. The van der Waals surface area contributed by atoms with Gasteiger partial charge in [0.15, 0.2) is 0 Å². The quantitative estimate of drug-likeness (QED) is 0.891. The molecule has 0 aliphatic carbocycles. The van der Waals surface area contributed by atoms with Crippen molar-refractivity contribution in [1.29, 1.82) is 0 Å². The van der Waals surface area contributed by atoms with Gasteiger partial charge in [-0.2, -0.15) is 0 Å². The molecule has 2 atom stereocenters. The highest BCUT2D eigenvalue weighted by atomic mass is 35.5. The van der Waals surface area contributed by atoms with Gasteiger partial charge in [-0.3, -0.25) is 9.59 Å². The number of aliphatic carboxylic acids is 1. The summed E-state index contributed by atoms with van der Waals surface area (Å²) < 4.78 is 5.48. The number of amides is 1. The van der Waals surface area contributed by atoms with Crippen molar-refractivity contribution in [2.24, 2.45) is 17.8 Å². The fraction of sp³-hybridized carbons (Fsp3) is 0.562. The first-order valence-corrected chi connectivity index (χ1v) is 7.97. The van der Waals surface area contributed by atoms with Gasteiger partial charge in [-0.25, -0.2) is 4.98 Å². The highest BCUT2D eigenvalue weighted by Crippen LogP contribution is 2.27. The lowest BCUT2D eigenvalue weighted by molar-refractivity contribution is -0.142. The molecular formula is C16H21ClN2O4. The van der Waals surface area contributed by atoms with Crippen LogP contribution < -0.4 is 4.74 Å². The molecule has 1 fully saturated rings. The van der Waals surface area contributed by atoms with Gasteiger partial charge in [0, 0.05) is 19.3 Å². The molecule has 2 rings (SSSR count). The van der Waals surface area contributed by atoms with E-state index in [0.29, 0.717) is 30.5 Å². The van der Waals surface area contributed by atoms with E-state index < -0.39 is 11.9 Å². The van der Waals surface area contributed by atoms with Gasteiger partial charge in [0.05, 0.1) is 18.1 Å². The molecule has 0 saturated carbocycles. The molecule has 7 heteroatoms. The summed E-state index contributed by atoms with van der Waals surface area (Å²) >= 11 is 6.12. The highest BCUT2D eigenvalue weighted by Gasteiger charge is 2.37. The topological polar surface area (TPSA) is 79.7 Å². The molecule has 6 nitrogen and oxygen atoms in total. The van der Waals surface area contributed by atoms with E-state index in [2.05, 4.69) is 4.98 Å². The van der Waals surface area contributed by atoms with Gasteiger partial charge in [-0.05, 0) is 17.9 Å². The Labute approximate surface area is 140 Å². The third-order valence-corrected chi connectivity index (χ3v) is 4.10. The van der Waals surface area contributed by atoms with E-state index in [0.717, 1.165) is 0 Å². The second-order valence-electron chi connectivity index (χ2n) is 6.35. The van der Waals surface area contributed by atoms with Crippen molar-refractivity contribution in [3.63, 3.8) is 0 Å². The number of carboxylic acid groups (broad SMARTS) is 1. The molecule has 23 heavy (non-hydrogen) atoms. The summed E-state index contributed by atoms with van der Waals surface area (Å²) in [5.41, 5.74) is 0.338. The number of carbonyl (C=O) groups is 2. The summed E-state index contributed by atoms with van der Waals surface area (Å²) in [5, 5.41) is 9.43. The van der Waals surface area contributed by atoms with Crippen LogP contribution in [0.3, 0.4) is 0 Å². The van der Waals surface area contributed by atoms with Crippen molar-refractivity contribution < 1.29 is 19.4 Å². The minimum Gasteiger partial charge on any atom is -0.481 e. The van der Waals surface area contributed by atoms with Crippen molar-refractivity contribution >= 4 is 23.5 Å². The first kappa shape index (κ1) is 17.5. The molecule has 1 aliphatic heterocycles. The van der Waals surface area contributed by atoms with Gasteiger partial charge in [0.1, 0.15) is 5.02 Å². The fourth-order valence-electron chi connectivity index (χ4n) is 2.53. The smallest absolute Gasteiger partial charge is 0.308 e. The standard InChI is InChI=1S/C16H21ClN2O4/c1-9(2)8-23-14-13(17)4-11(5-18-14)15(20)19-6-10(3)12(7-19)16(21)22/h4-5,9-10,12H,6-8H2,1-3H3,(H,21,22)/t10-,12-/m1/s1. The van der Waals surface area contributed by atoms with E-state index in [1.807, 2.05) is 20.8 Å². The number of halogens is 1. The monoisotopic (exact) mass is 340 g/mol. The summed E-state index contributed by atoms with van der Waals surface area (Å²) in [4.78, 5) is 29.3. The van der Waals surface area contributed by atoms with Gasteiger partial charge in [-0.1, -0.05) is 32.4 Å². The summed E-state index contributed by atoms with van der Waals surface area (Å²) in [6, 6.07) is 1.52. The number of ether oxygens (including phenoxy) is 1. The highest BCUT2D eigenvalue weighted by molar-refractivity contribution is 6.32. The molecule has 1 saturated heterocycles. The molecular weight excluding hydrogens is 320 g/mol. The predicted octanol–water partition coefficient (Wildman–Crippen LogP) is 2.56. The van der Waals surface area contributed by atoms with Crippen LogP contribution in [0.4, 0.5) is 0 Å². The van der Waals surface area contributed by atoms with Crippen molar-refractivity contribution in [2.45, 2.75) is 20.8 Å². The van der Waals surface area contributed by atoms with Gasteiger partial charge in [0.25, 0.3) is 5.91 Å². The van der Waals surface area contributed by atoms with E-state index in [1.54, 1.807) is 0 Å². The summed E-state index contributed by atoms with van der Waals surface area (Å²) in [7, 11) is 0. The lowest BCUT2D eigenvalue weighted by Crippen LogP contribution is -2.30. The van der Waals surface area contributed by atoms with Gasteiger partial charge >= 0.3 is 5.97 Å². The van der Waals surface area contributed by atoms with Crippen LogP contribution in [0, 0.1) is 17.8 Å². The Morgan fingerprint density at radius 3 is 2.70 bits per heavy atom. The molecule has 0 unspecified atom stereocenters. The molecule has 0 radical (unpaired) electrons. The number of likely N-dealkylation sites (tertiary alicyclic amines) is 1. The van der Waals surface area contributed by atoms with Crippen molar-refractivity contribution in [2.75, 3.05) is 19.7 Å². The number of pyridine rings is 1. The molecule has 0 bridgehead atoms. The fourth-order valence-corrected chi connectivity index (χ4v) is 2.75. The second-order valence-corrected chi connectivity index (χ2v) is 6.76. The van der Waals surface area contributed by atoms with Crippen LogP contribution >= 0.6 is 11.6 Å². The van der Waals surface area contributed by atoms with Gasteiger partial charge < -0.3 is 14.7 Å². The number of aromatic nitrogens is 1. The molecule has 0 spiro atoms. The number of rotatable bonds is 5. The number of nitrogens with zero attached hydrogens (tertiary/aromatic N) is 2. The van der Waals surface area contributed by atoms with E-state index in [1.165, 1.54) is 17.2 Å². The zero-order chi connectivity index (χ0) is 17.1.